The van der Waals surface area contributed by atoms with E-state index in [1.807, 2.05) is 72.3 Å². The van der Waals surface area contributed by atoms with Crippen molar-refractivity contribution < 1.29 is 13.2 Å². The molecule has 7 heteroatoms. The molecule has 0 spiro atoms. The summed E-state index contributed by atoms with van der Waals surface area (Å²) in [7, 11) is -2.03. The van der Waals surface area contributed by atoms with Gasteiger partial charge in [-0.2, -0.15) is 0 Å². The summed E-state index contributed by atoms with van der Waals surface area (Å²) in [5, 5.41) is 3.29. The molecule has 0 saturated heterocycles. The van der Waals surface area contributed by atoms with Gasteiger partial charge in [0.25, 0.3) is 0 Å². The first kappa shape index (κ1) is 20.8. The second-order valence-corrected chi connectivity index (χ2v) is 8.81. The summed E-state index contributed by atoms with van der Waals surface area (Å²) in [5.74, 6) is 0.626. The van der Waals surface area contributed by atoms with E-state index in [9.17, 15) is 8.42 Å². The van der Waals surface area contributed by atoms with E-state index in [4.69, 9.17) is 4.74 Å². The van der Waals surface area contributed by atoms with Crippen molar-refractivity contribution >= 4 is 26.9 Å². The number of hydrogen-bond acceptors (Lipinski definition) is 4. The second kappa shape index (κ2) is 8.75. The van der Waals surface area contributed by atoms with Gasteiger partial charge in [-0.25, -0.2) is 18.1 Å². The van der Waals surface area contributed by atoms with E-state index >= 15 is 0 Å². The molecule has 4 aromatic rings. The molecule has 1 aromatic heterocycles. The third-order valence-electron chi connectivity index (χ3n) is 4.98. The largest absolute Gasteiger partial charge is 0.495 e. The maximum Gasteiger partial charge on any atom is 0.234 e. The smallest absolute Gasteiger partial charge is 0.234 e. The number of hydrogen-bond donors (Lipinski definition) is 1. The number of nitrogens with one attached hydrogen (secondary N) is 1. The van der Waals surface area contributed by atoms with Gasteiger partial charge < -0.3 is 9.30 Å². The fourth-order valence-corrected chi connectivity index (χ4v) is 4.19. The van der Waals surface area contributed by atoms with Gasteiger partial charge in [0, 0.05) is 18.1 Å². The Morgan fingerprint density at radius 1 is 1.10 bits per heavy atom. The molecule has 0 radical (unpaired) electrons. The zero-order valence-corrected chi connectivity index (χ0v) is 18.1. The maximum atomic E-state index is 12.5. The predicted molar refractivity (Wildman–Crippen MR) is 124 cm³/mol. The highest BCUT2D eigenvalue weighted by atomic mass is 32.2. The lowest BCUT2D eigenvalue weighted by atomic mass is 10.1. The number of benzene rings is 3. The number of fused-ring (bicyclic) bond motifs is 1. The van der Waals surface area contributed by atoms with Crippen molar-refractivity contribution in [3.05, 3.63) is 95.4 Å². The van der Waals surface area contributed by atoms with Crippen molar-refractivity contribution in [1.29, 1.82) is 0 Å². The van der Waals surface area contributed by atoms with Crippen molar-refractivity contribution in [2.45, 2.75) is 13.5 Å². The SMILES string of the molecule is COc1cc(/C=C/S(=O)(=O)NCc2cccc3ccccc23)ccc1-n1cnc(C)c1. The van der Waals surface area contributed by atoms with Crippen molar-refractivity contribution in [3.8, 4) is 11.4 Å². The van der Waals surface area contributed by atoms with Crippen molar-refractivity contribution in [3.63, 3.8) is 0 Å². The number of imidazole rings is 1. The van der Waals surface area contributed by atoms with Crippen LogP contribution >= 0.6 is 0 Å². The van der Waals surface area contributed by atoms with Crippen LogP contribution in [0.25, 0.3) is 22.5 Å². The van der Waals surface area contributed by atoms with Gasteiger partial charge in [-0.1, -0.05) is 48.5 Å². The van der Waals surface area contributed by atoms with Crippen LogP contribution in [-0.2, 0) is 16.6 Å². The van der Waals surface area contributed by atoms with E-state index in [1.54, 1.807) is 25.6 Å². The number of aromatic nitrogens is 2. The van der Waals surface area contributed by atoms with Gasteiger partial charge >= 0.3 is 0 Å². The molecule has 0 amide bonds. The van der Waals surface area contributed by atoms with Crippen LogP contribution in [0.1, 0.15) is 16.8 Å². The minimum atomic E-state index is -3.61. The van der Waals surface area contributed by atoms with Gasteiger partial charge in [0.15, 0.2) is 0 Å². The summed E-state index contributed by atoms with van der Waals surface area (Å²) in [5.41, 5.74) is 3.37. The molecular weight excluding hydrogens is 410 g/mol. The van der Waals surface area contributed by atoms with Crippen LogP contribution in [0.5, 0.6) is 5.75 Å². The van der Waals surface area contributed by atoms with Gasteiger partial charge in [0.1, 0.15) is 5.75 Å². The van der Waals surface area contributed by atoms with Gasteiger partial charge in [-0.15, -0.1) is 0 Å². The van der Waals surface area contributed by atoms with Crippen molar-refractivity contribution in [2.24, 2.45) is 0 Å². The Morgan fingerprint density at radius 2 is 1.90 bits per heavy atom. The van der Waals surface area contributed by atoms with Crippen LogP contribution in [0.3, 0.4) is 0 Å². The molecule has 4 rings (SSSR count). The van der Waals surface area contributed by atoms with E-state index in [1.165, 1.54) is 5.41 Å². The lowest BCUT2D eigenvalue weighted by Gasteiger charge is -2.10. The number of nitrogens with zero attached hydrogens (tertiary/aromatic N) is 2. The highest BCUT2D eigenvalue weighted by Gasteiger charge is 2.09. The van der Waals surface area contributed by atoms with Crippen molar-refractivity contribution in [2.75, 3.05) is 7.11 Å². The Labute approximate surface area is 181 Å². The van der Waals surface area contributed by atoms with E-state index < -0.39 is 10.0 Å². The molecule has 0 bridgehead atoms. The first-order chi connectivity index (χ1) is 14.9. The first-order valence-corrected chi connectivity index (χ1v) is 11.3. The van der Waals surface area contributed by atoms with Crippen LogP contribution in [0, 0.1) is 6.92 Å². The van der Waals surface area contributed by atoms with Crippen LogP contribution in [0.2, 0.25) is 0 Å². The maximum absolute atomic E-state index is 12.5. The quantitative estimate of drug-likeness (QED) is 0.468. The van der Waals surface area contributed by atoms with Crippen LogP contribution in [0.4, 0.5) is 0 Å². The molecule has 0 aliphatic rings. The molecule has 1 N–H and O–H groups in total. The van der Waals surface area contributed by atoms with E-state index in [0.717, 1.165) is 27.7 Å². The molecule has 31 heavy (non-hydrogen) atoms. The molecule has 0 aliphatic heterocycles. The molecular formula is C24H23N3O3S. The van der Waals surface area contributed by atoms with Gasteiger partial charge in [-0.05, 0) is 47.0 Å². The third-order valence-corrected chi connectivity index (χ3v) is 6.02. The number of ether oxygens (including phenoxy) is 1. The van der Waals surface area contributed by atoms with Crippen molar-refractivity contribution in [1.82, 2.24) is 14.3 Å². The molecule has 158 valence electrons. The van der Waals surface area contributed by atoms with E-state index in [-0.39, 0.29) is 6.54 Å². The van der Waals surface area contributed by atoms with E-state index in [0.29, 0.717) is 11.3 Å². The molecule has 0 atom stereocenters. The lowest BCUT2D eigenvalue weighted by Crippen LogP contribution is -2.20. The minimum absolute atomic E-state index is 0.219. The summed E-state index contributed by atoms with van der Waals surface area (Å²) < 4.78 is 35.0. The molecule has 3 aromatic carbocycles. The average molecular weight is 434 g/mol. The second-order valence-electron chi connectivity index (χ2n) is 7.16. The first-order valence-electron chi connectivity index (χ1n) is 9.78. The third kappa shape index (κ3) is 4.84. The zero-order chi connectivity index (χ0) is 21.8. The standard InChI is InChI=1S/C24H23N3O3S/c1-18-16-27(17-25-18)23-11-10-19(14-24(23)30-2)12-13-31(28,29)26-15-21-8-5-7-20-6-3-4-9-22(20)21/h3-14,16-17,26H,15H2,1-2H3/b13-12+. The molecule has 6 nitrogen and oxygen atoms in total. The predicted octanol–water partition coefficient (Wildman–Crippen LogP) is 4.43. The Morgan fingerprint density at radius 3 is 2.68 bits per heavy atom. The lowest BCUT2D eigenvalue weighted by molar-refractivity contribution is 0.413. The molecule has 0 unspecified atom stereocenters. The normalized spacial score (nSPS) is 11.9. The Balaban J connectivity index is 1.50. The summed E-state index contributed by atoms with van der Waals surface area (Å²) in [6.45, 7) is 2.13. The van der Waals surface area contributed by atoms with Crippen LogP contribution < -0.4 is 9.46 Å². The topological polar surface area (TPSA) is 73.2 Å². The van der Waals surface area contributed by atoms with Crippen LogP contribution in [-0.4, -0.2) is 25.1 Å². The summed E-state index contributed by atoms with van der Waals surface area (Å²) in [6, 6.07) is 19.3. The monoisotopic (exact) mass is 433 g/mol. The zero-order valence-electron chi connectivity index (χ0n) is 17.3. The summed E-state index contributed by atoms with van der Waals surface area (Å²) in [6.07, 6.45) is 5.16. The molecule has 0 aliphatic carbocycles. The molecule has 0 saturated carbocycles. The Kier molecular flexibility index (Phi) is 5.88. The fourth-order valence-electron chi connectivity index (χ4n) is 3.41. The number of aryl methyl sites for hydroxylation is 1. The van der Waals surface area contributed by atoms with Crippen LogP contribution in [0.15, 0.2) is 78.6 Å². The highest BCUT2D eigenvalue weighted by Crippen LogP contribution is 2.25. The summed E-state index contributed by atoms with van der Waals surface area (Å²) in [4.78, 5) is 4.23. The van der Waals surface area contributed by atoms with E-state index in [2.05, 4.69) is 9.71 Å². The Bertz CT molecular complexity index is 1350. The summed E-state index contributed by atoms with van der Waals surface area (Å²) >= 11 is 0. The molecule has 1 heterocycles. The average Bonchev–Trinajstić information content (AvgIpc) is 3.22. The van der Waals surface area contributed by atoms with Gasteiger partial charge in [0.2, 0.25) is 10.0 Å². The highest BCUT2D eigenvalue weighted by molar-refractivity contribution is 7.92. The number of rotatable bonds is 7. The fraction of sp³-hybridized carbons (Fsp3) is 0.125. The minimum Gasteiger partial charge on any atom is -0.495 e. The Hall–Kier alpha value is -3.42. The molecule has 0 fully saturated rings. The number of sulfonamides is 1. The number of methoxy groups -OCH3 is 1. The van der Waals surface area contributed by atoms with Gasteiger partial charge in [0.05, 0.1) is 24.8 Å². The van der Waals surface area contributed by atoms with Gasteiger partial charge in [-0.3, -0.25) is 0 Å².